The maximum Gasteiger partial charge on any atom is 0.240 e. The molecule has 2 heterocycles. The van der Waals surface area contributed by atoms with Gasteiger partial charge in [0.05, 0.1) is 17.4 Å². The lowest BCUT2D eigenvalue weighted by atomic mass is 9.99. The van der Waals surface area contributed by atoms with E-state index in [0.717, 1.165) is 23.9 Å². The van der Waals surface area contributed by atoms with E-state index in [-0.39, 0.29) is 11.9 Å². The SMILES string of the molecule is NC(=O)C1CCc2cccc3ncn1c23. The summed E-state index contributed by atoms with van der Waals surface area (Å²) in [5.41, 5.74) is 8.63. The van der Waals surface area contributed by atoms with Crippen LogP contribution in [0, 0.1) is 0 Å². The van der Waals surface area contributed by atoms with Crippen LogP contribution in [0.5, 0.6) is 0 Å². The number of nitrogens with zero attached hydrogens (tertiary/aromatic N) is 2. The van der Waals surface area contributed by atoms with Crippen LogP contribution in [-0.4, -0.2) is 15.5 Å². The fourth-order valence-corrected chi connectivity index (χ4v) is 2.31. The Kier molecular flexibility index (Phi) is 1.59. The molecular formula is C11H11N3O. The zero-order valence-electron chi connectivity index (χ0n) is 8.18. The van der Waals surface area contributed by atoms with E-state index in [4.69, 9.17) is 5.73 Å². The van der Waals surface area contributed by atoms with Crippen LogP contribution in [0.4, 0.5) is 0 Å². The third-order valence-electron chi connectivity index (χ3n) is 3.03. The number of para-hydroxylation sites is 1. The third kappa shape index (κ3) is 1.08. The summed E-state index contributed by atoms with van der Waals surface area (Å²) in [7, 11) is 0. The molecule has 2 aromatic rings. The zero-order valence-corrected chi connectivity index (χ0v) is 8.18. The van der Waals surface area contributed by atoms with Crippen molar-refractivity contribution in [2.24, 2.45) is 5.73 Å². The predicted octanol–water partition coefficient (Wildman–Crippen LogP) is 1.01. The molecule has 1 amide bonds. The van der Waals surface area contributed by atoms with E-state index in [1.54, 1.807) is 6.33 Å². The van der Waals surface area contributed by atoms with Crippen molar-refractivity contribution in [3.05, 3.63) is 30.1 Å². The average Bonchev–Trinajstić information content (AvgIpc) is 2.65. The third-order valence-corrected chi connectivity index (χ3v) is 3.03. The maximum atomic E-state index is 11.3. The molecule has 1 aliphatic heterocycles. The highest BCUT2D eigenvalue weighted by Crippen LogP contribution is 2.30. The van der Waals surface area contributed by atoms with E-state index in [9.17, 15) is 4.79 Å². The van der Waals surface area contributed by atoms with E-state index < -0.39 is 0 Å². The van der Waals surface area contributed by atoms with Crippen molar-refractivity contribution in [2.75, 3.05) is 0 Å². The summed E-state index contributed by atoms with van der Waals surface area (Å²) >= 11 is 0. The van der Waals surface area contributed by atoms with E-state index in [0.29, 0.717) is 0 Å². The molecule has 4 nitrogen and oxygen atoms in total. The minimum atomic E-state index is -0.274. The van der Waals surface area contributed by atoms with Crippen molar-refractivity contribution in [3.63, 3.8) is 0 Å². The largest absolute Gasteiger partial charge is 0.368 e. The molecule has 0 bridgehead atoms. The van der Waals surface area contributed by atoms with Crippen LogP contribution in [0.3, 0.4) is 0 Å². The number of primary amides is 1. The van der Waals surface area contributed by atoms with Gasteiger partial charge in [0.2, 0.25) is 5.91 Å². The van der Waals surface area contributed by atoms with Gasteiger partial charge in [-0.05, 0) is 24.5 Å². The first-order valence-corrected chi connectivity index (χ1v) is 5.01. The molecule has 3 rings (SSSR count). The quantitative estimate of drug-likeness (QED) is 0.748. The van der Waals surface area contributed by atoms with Crippen LogP contribution in [0.1, 0.15) is 18.0 Å². The molecule has 1 aromatic heterocycles. The summed E-state index contributed by atoms with van der Waals surface area (Å²) in [6, 6.07) is 5.81. The molecule has 1 atom stereocenters. The molecule has 0 saturated carbocycles. The van der Waals surface area contributed by atoms with Gasteiger partial charge in [-0.3, -0.25) is 4.79 Å². The first-order valence-electron chi connectivity index (χ1n) is 5.01. The molecule has 0 spiro atoms. The summed E-state index contributed by atoms with van der Waals surface area (Å²) in [6.45, 7) is 0. The maximum absolute atomic E-state index is 11.3. The fraction of sp³-hybridized carbons (Fsp3) is 0.273. The van der Waals surface area contributed by atoms with Gasteiger partial charge in [0, 0.05) is 0 Å². The van der Waals surface area contributed by atoms with Crippen LogP contribution in [0.2, 0.25) is 0 Å². The minimum Gasteiger partial charge on any atom is -0.368 e. The van der Waals surface area contributed by atoms with Gasteiger partial charge in [-0.25, -0.2) is 4.98 Å². The van der Waals surface area contributed by atoms with Crippen LogP contribution in [-0.2, 0) is 11.2 Å². The molecule has 0 saturated heterocycles. The number of carbonyl (C=O) groups excluding carboxylic acids is 1. The molecule has 2 N–H and O–H groups in total. The van der Waals surface area contributed by atoms with Gasteiger partial charge in [0.15, 0.2) is 0 Å². The Morgan fingerprint density at radius 3 is 3.20 bits per heavy atom. The molecule has 76 valence electrons. The highest BCUT2D eigenvalue weighted by molar-refractivity contribution is 5.85. The van der Waals surface area contributed by atoms with Gasteiger partial charge in [0.25, 0.3) is 0 Å². The Morgan fingerprint density at radius 1 is 1.53 bits per heavy atom. The summed E-state index contributed by atoms with van der Waals surface area (Å²) in [6.07, 6.45) is 3.39. The van der Waals surface area contributed by atoms with Gasteiger partial charge >= 0.3 is 0 Å². The molecule has 1 aliphatic rings. The highest BCUT2D eigenvalue weighted by atomic mass is 16.1. The van der Waals surface area contributed by atoms with Gasteiger partial charge < -0.3 is 10.3 Å². The van der Waals surface area contributed by atoms with Crippen molar-refractivity contribution in [3.8, 4) is 0 Å². The Balaban J connectivity index is 2.31. The van der Waals surface area contributed by atoms with Gasteiger partial charge in [-0.15, -0.1) is 0 Å². The van der Waals surface area contributed by atoms with Crippen LogP contribution < -0.4 is 5.73 Å². The monoisotopic (exact) mass is 201 g/mol. The lowest BCUT2D eigenvalue weighted by Gasteiger charge is -2.22. The van der Waals surface area contributed by atoms with E-state index in [1.807, 2.05) is 16.7 Å². The second-order valence-electron chi connectivity index (χ2n) is 3.89. The topological polar surface area (TPSA) is 60.9 Å². The van der Waals surface area contributed by atoms with Crippen molar-refractivity contribution in [1.82, 2.24) is 9.55 Å². The Morgan fingerprint density at radius 2 is 2.40 bits per heavy atom. The second kappa shape index (κ2) is 2.82. The highest BCUT2D eigenvalue weighted by Gasteiger charge is 2.25. The molecule has 4 heteroatoms. The van der Waals surface area contributed by atoms with E-state index >= 15 is 0 Å². The molecule has 0 fully saturated rings. The van der Waals surface area contributed by atoms with Crippen LogP contribution >= 0.6 is 0 Å². The summed E-state index contributed by atoms with van der Waals surface area (Å²) in [4.78, 5) is 15.6. The van der Waals surface area contributed by atoms with Crippen molar-refractivity contribution >= 4 is 16.9 Å². The van der Waals surface area contributed by atoms with Crippen LogP contribution in [0.25, 0.3) is 11.0 Å². The number of hydrogen-bond acceptors (Lipinski definition) is 2. The Labute approximate surface area is 86.7 Å². The fourth-order valence-electron chi connectivity index (χ4n) is 2.31. The molecule has 0 aliphatic carbocycles. The molecule has 15 heavy (non-hydrogen) atoms. The standard InChI is InChI=1S/C11H11N3O/c12-11(15)9-5-4-7-2-1-3-8-10(7)14(9)6-13-8/h1-3,6,9H,4-5H2,(H2,12,15). The number of amides is 1. The number of rotatable bonds is 1. The summed E-state index contributed by atoms with van der Waals surface area (Å²) in [5, 5.41) is 0. The van der Waals surface area contributed by atoms with Gasteiger partial charge in [-0.2, -0.15) is 0 Å². The predicted molar refractivity (Wildman–Crippen MR) is 56.3 cm³/mol. The van der Waals surface area contributed by atoms with E-state index in [2.05, 4.69) is 11.1 Å². The minimum absolute atomic E-state index is 0.232. The number of aromatic nitrogens is 2. The first kappa shape index (κ1) is 8.47. The lowest BCUT2D eigenvalue weighted by molar-refractivity contribution is -0.121. The molecular weight excluding hydrogens is 190 g/mol. The average molecular weight is 201 g/mol. The number of carbonyl (C=O) groups is 1. The Hall–Kier alpha value is -1.84. The van der Waals surface area contributed by atoms with E-state index in [1.165, 1.54) is 5.56 Å². The van der Waals surface area contributed by atoms with Crippen molar-refractivity contribution < 1.29 is 4.79 Å². The number of nitrogens with two attached hydrogens (primary N) is 1. The van der Waals surface area contributed by atoms with Gasteiger partial charge in [0.1, 0.15) is 6.04 Å². The normalized spacial score (nSPS) is 19.3. The Bertz CT molecular complexity index is 544. The first-order chi connectivity index (χ1) is 7.27. The summed E-state index contributed by atoms with van der Waals surface area (Å²) in [5.74, 6) is -0.274. The molecule has 0 radical (unpaired) electrons. The number of imidazole rings is 1. The van der Waals surface area contributed by atoms with Gasteiger partial charge in [-0.1, -0.05) is 12.1 Å². The smallest absolute Gasteiger partial charge is 0.240 e. The number of hydrogen-bond donors (Lipinski definition) is 1. The summed E-state index contributed by atoms with van der Waals surface area (Å²) < 4.78 is 1.90. The number of benzene rings is 1. The molecule has 1 aromatic carbocycles. The van der Waals surface area contributed by atoms with Crippen molar-refractivity contribution in [2.45, 2.75) is 18.9 Å². The second-order valence-corrected chi connectivity index (χ2v) is 3.89. The lowest BCUT2D eigenvalue weighted by Crippen LogP contribution is -2.28. The van der Waals surface area contributed by atoms with Crippen LogP contribution in [0.15, 0.2) is 24.5 Å². The zero-order chi connectivity index (χ0) is 10.4. The molecule has 1 unspecified atom stereocenters. The number of aryl methyl sites for hydroxylation is 1. The van der Waals surface area contributed by atoms with Crippen molar-refractivity contribution in [1.29, 1.82) is 0 Å².